The standard InChI is InChI=1S/C14H18N4O3/c1-7(2)12-15-6-10(11(18-12)14(19)20)17-9(4)13-16-5-8(3)21-13/h5-7,9,17H,1-4H3,(H,19,20). The van der Waals surface area contributed by atoms with Crippen LogP contribution in [0, 0.1) is 6.92 Å². The molecule has 0 amide bonds. The molecule has 2 aromatic heterocycles. The molecule has 1 unspecified atom stereocenters. The van der Waals surface area contributed by atoms with Crippen LogP contribution >= 0.6 is 0 Å². The Morgan fingerprint density at radius 3 is 2.52 bits per heavy atom. The minimum Gasteiger partial charge on any atom is -0.476 e. The first-order valence-corrected chi connectivity index (χ1v) is 6.67. The van der Waals surface area contributed by atoms with Crippen LogP contribution in [0.4, 0.5) is 5.69 Å². The topological polar surface area (TPSA) is 101 Å². The molecule has 0 aliphatic heterocycles. The van der Waals surface area contributed by atoms with Gasteiger partial charge in [-0.05, 0) is 13.8 Å². The molecule has 2 aromatic rings. The number of aromatic nitrogens is 3. The Morgan fingerprint density at radius 2 is 2.00 bits per heavy atom. The summed E-state index contributed by atoms with van der Waals surface area (Å²) in [5, 5.41) is 12.3. The lowest BCUT2D eigenvalue weighted by Crippen LogP contribution is -2.14. The number of rotatable bonds is 5. The number of hydrogen-bond donors (Lipinski definition) is 2. The predicted octanol–water partition coefficient (Wildman–Crippen LogP) is 2.77. The van der Waals surface area contributed by atoms with E-state index in [1.807, 2.05) is 20.8 Å². The summed E-state index contributed by atoms with van der Waals surface area (Å²) in [6.45, 7) is 7.44. The summed E-state index contributed by atoms with van der Waals surface area (Å²) < 4.78 is 5.42. The number of carboxylic acid groups (broad SMARTS) is 1. The Kier molecular flexibility index (Phi) is 4.21. The molecule has 21 heavy (non-hydrogen) atoms. The van der Waals surface area contributed by atoms with Crippen molar-refractivity contribution in [2.75, 3.05) is 5.32 Å². The molecular weight excluding hydrogens is 272 g/mol. The highest BCUT2D eigenvalue weighted by molar-refractivity contribution is 5.91. The highest BCUT2D eigenvalue weighted by Crippen LogP contribution is 2.22. The van der Waals surface area contributed by atoms with Crippen LogP contribution in [0.15, 0.2) is 16.8 Å². The lowest BCUT2D eigenvalue weighted by atomic mass is 10.2. The molecular formula is C14H18N4O3. The van der Waals surface area contributed by atoms with E-state index in [2.05, 4.69) is 20.3 Å². The monoisotopic (exact) mass is 290 g/mol. The third kappa shape index (κ3) is 3.36. The SMILES string of the molecule is Cc1cnc(C(C)Nc2cnc(C(C)C)nc2C(=O)O)o1. The Hall–Kier alpha value is -2.44. The number of anilines is 1. The maximum Gasteiger partial charge on any atom is 0.356 e. The van der Waals surface area contributed by atoms with Gasteiger partial charge in [-0.3, -0.25) is 0 Å². The minimum atomic E-state index is -1.10. The summed E-state index contributed by atoms with van der Waals surface area (Å²) in [6, 6.07) is -0.287. The average molecular weight is 290 g/mol. The minimum absolute atomic E-state index is 0.0520. The van der Waals surface area contributed by atoms with Crippen molar-refractivity contribution in [2.24, 2.45) is 0 Å². The Balaban J connectivity index is 2.28. The molecule has 2 heterocycles. The van der Waals surface area contributed by atoms with Crippen molar-refractivity contribution < 1.29 is 14.3 Å². The Labute approximate surface area is 122 Å². The fourth-order valence-electron chi connectivity index (χ4n) is 1.81. The van der Waals surface area contributed by atoms with Gasteiger partial charge in [-0.15, -0.1) is 0 Å². The van der Waals surface area contributed by atoms with Crippen LogP contribution in [-0.4, -0.2) is 26.0 Å². The fourth-order valence-corrected chi connectivity index (χ4v) is 1.81. The van der Waals surface area contributed by atoms with Crippen molar-refractivity contribution in [3.63, 3.8) is 0 Å². The van der Waals surface area contributed by atoms with Gasteiger partial charge >= 0.3 is 5.97 Å². The summed E-state index contributed by atoms with van der Waals surface area (Å²) in [6.07, 6.45) is 3.10. The van der Waals surface area contributed by atoms with Gasteiger partial charge in [0.1, 0.15) is 17.6 Å². The number of carboxylic acids is 1. The van der Waals surface area contributed by atoms with Gasteiger partial charge in [0, 0.05) is 5.92 Å². The summed E-state index contributed by atoms with van der Waals surface area (Å²) in [7, 11) is 0. The number of nitrogens with zero attached hydrogens (tertiary/aromatic N) is 3. The normalized spacial score (nSPS) is 12.4. The van der Waals surface area contributed by atoms with Gasteiger partial charge in [0.15, 0.2) is 5.69 Å². The van der Waals surface area contributed by atoms with Crippen molar-refractivity contribution in [3.05, 3.63) is 35.6 Å². The largest absolute Gasteiger partial charge is 0.476 e. The van der Waals surface area contributed by atoms with E-state index in [1.54, 1.807) is 13.1 Å². The molecule has 0 saturated carbocycles. The number of aryl methyl sites for hydroxylation is 1. The van der Waals surface area contributed by atoms with Crippen LogP contribution in [-0.2, 0) is 0 Å². The molecule has 0 bridgehead atoms. The summed E-state index contributed by atoms with van der Waals surface area (Å²) in [5.41, 5.74) is 0.291. The third-order valence-electron chi connectivity index (χ3n) is 2.91. The van der Waals surface area contributed by atoms with Crippen LogP contribution in [0.25, 0.3) is 0 Å². The summed E-state index contributed by atoms with van der Waals surface area (Å²) >= 11 is 0. The second-order valence-electron chi connectivity index (χ2n) is 5.13. The molecule has 7 heteroatoms. The molecule has 0 aliphatic carbocycles. The first-order valence-electron chi connectivity index (χ1n) is 6.67. The maximum atomic E-state index is 11.3. The van der Waals surface area contributed by atoms with Crippen molar-refractivity contribution in [3.8, 4) is 0 Å². The zero-order valence-electron chi connectivity index (χ0n) is 12.4. The molecule has 2 rings (SSSR count). The van der Waals surface area contributed by atoms with E-state index in [9.17, 15) is 9.90 Å². The van der Waals surface area contributed by atoms with Crippen LogP contribution in [0.5, 0.6) is 0 Å². The third-order valence-corrected chi connectivity index (χ3v) is 2.91. The van der Waals surface area contributed by atoms with E-state index in [-0.39, 0.29) is 17.7 Å². The second kappa shape index (κ2) is 5.90. The highest BCUT2D eigenvalue weighted by atomic mass is 16.4. The molecule has 0 spiro atoms. The lowest BCUT2D eigenvalue weighted by molar-refractivity contribution is 0.0691. The molecule has 0 aromatic carbocycles. The first-order chi connectivity index (χ1) is 9.88. The van der Waals surface area contributed by atoms with Crippen LogP contribution in [0.2, 0.25) is 0 Å². The van der Waals surface area contributed by atoms with Gasteiger partial charge < -0.3 is 14.8 Å². The van der Waals surface area contributed by atoms with Crippen LogP contribution in [0.3, 0.4) is 0 Å². The number of aromatic carboxylic acids is 1. The fraction of sp³-hybridized carbons (Fsp3) is 0.429. The van der Waals surface area contributed by atoms with E-state index < -0.39 is 5.97 Å². The predicted molar refractivity (Wildman–Crippen MR) is 76.4 cm³/mol. The summed E-state index contributed by atoms with van der Waals surface area (Å²) in [4.78, 5) is 23.7. The quantitative estimate of drug-likeness (QED) is 0.872. The van der Waals surface area contributed by atoms with Crippen molar-refractivity contribution in [1.82, 2.24) is 15.0 Å². The van der Waals surface area contributed by atoms with Gasteiger partial charge in [-0.25, -0.2) is 19.7 Å². The van der Waals surface area contributed by atoms with Gasteiger partial charge in [0.05, 0.1) is 18.1 Å². The van der Waals surface area contributed by atoms with Crippen molar-refractivity contribution >= 4 is 11.7 Å². The lowest BCUT2D eigenvalue weighted by Gasteiger charge is -2.14. The number of carbonyl (C=O) groups is 1. The molecule has 0 radical (unpaired) electrons. The summed E-state index contributed by atoms with van der Waals surface area (Å²) in [5.74, 6) is 0.638. The van der Waals surface area contributed by atoms with E-state index >= 15 is 0 Å². The molecule has 0 saturated heterocycles. The number of hydrogen-bond acceptors (Lipinski definition) is 6. The molecule has 112 valence electrons. The maximum absolute atomic E-state index is 11.3. The Bertz CT molecular complexity index is 651. The van der Waals surface area contributed by atoms with Crippen LogP contribution in [0.1, 0.15) is 60.7 Å². The van der Waals surface area contributed by atoms with Gasteiger partial charge in [-0.2, -0.15) is 0 Å². The van der Waals surface area contributed by atoms with Gasteiger partial charge in [-0.1, -0.05) is 13.8 Å². The Morgan fingerprint density at radius 1 is 1.29 bits per heavy atom. The first kappa shape index (κ1) is 15.0. The highest BCUT2D eigenvalue weighted by Gasteiger charge is 2.19. The van der Waals surface area contributed by atoms with E-state index in [4.69, 9.17) is 4.42 Å². The number of oxazole rings is 1. The van der Waals surface area contributed by atoms with Gasteiger partial charge in [0.25, 0.3) is 0 Å². The molecule has 1 atom stereocenters. The number of nitrogens with one attached hydrogen (secondary N) is 1. The van der Waals surface area contributed by atoms with Crippen LogP contribution < -0.4 is 5.32 Å². The molecule has 7 nitrogen and oxygen atoms in total. The molecule has 2 N–H and O–H groups in total. The molecule has 0 aliphatic rings. The van der Waals surface area contributed by atoms with Crippen molar-refractivity contribution in [1.29, 1.82) is 0 Å². The average Bonchev–Trinajstić information content (AvgIpc) is 2.85. The zero-order chi connectivity index (χ0) is 15.6. The molecule has 0 fully saturated rings. The van der Waals surface area contributed by atoms with Gasteiger partial charge in [0.2, 0.25) is 5.89 Å². The van der Waals surface area contributed by atoms with Crippen molar-refractivity contribution in [2.45, 2.75) is 39.7 Å². The zero-order valence-corrected chi connectivity index (χ0v) is 12.4. The smallest absolute Gasteiger partial charge is 0.356 e. The van der Waals surface area contributed by atoms with E-state index in [0.29, 0.717) is 23.2 Å². The second-order valence-corrected chi connectivity index (χ2v) is 5.13. The van der Waals surface area contributed by atoms with E-state index in [1.165, 1.54) is 6.20 Å². The van der Waals surface area contributed by atoms with E-state index in [0.717, 1.165) is 0 Å².